The molecule has 0 radical (unpaired) electrons. The molecule has 0 heterocycles. The van der Waals surface area contributed by atoms with Crippen molar-refractivity contribution in [1.29, 1.82) is 0 Å². The maximum absolute atomic E-state index is 12.9. The Morgan fingerprint density at radius 3 is 2.48 bits per heavy atom. The van der Waals surface area contributed by atoms with Crippen molar-refractivity contribution in [3.05, 3.63) is 23.3 Å². The van der Waals surface area contributed by atoms with E-state index in [9.17, 15) is 13.5 Å². The molecule has 5 nitrogen and oxygen atoms in total. The van der Waals surface area contributed by atoms with Gasteiger partial charge in [0.25, 0.3) is 0 Å². The van der Waals surface area contributed by atoms with Gasteiger partial charge in [-0.15, -0.1) is 0 Å². The van der Waals surface area contributed by atoms with Crippen LogP contribution in [0.2, 0.25) is 0 Å². The van der Waals surface area contributed by atoms with Crippen LogP contribution in [0.25, 0.3) is 0 Å². The first-order valence-corrected chi connectivity index (χ1v) is 8.72. The van der Waals surface area contributed by atoms with Gasteiger partial charge >= 0.3 is 0 Å². The van der Waals surface area contributed by atoms with Crippen LogP contribution in [-0.4, -0.2) is 37.0 Å². The zero-order valence-electron chi connectivity index (χ0n) is 12.8. The Hall–Kier alpha value is -1.11. The Kier molecular flexibility index (Phi) is 4.60. The molecular formula is C15H24N2O3S. The van der Waals surface area contributed by atoms with E-state index in [-0.39, 0.29) is 10.9 Å². The van der Waals surface area contributed by atoms with Gasteiger partial charge in [-0.2, -0.15) is 4.31 Å². The third-order valence-electron chi connectivity index (χ3n) is 4.36. The number of rotatable bonds is 3. The average Bonchev–Trinajstić information content (AvgIpc) is 2.42. The minimum atomic E-state index is -3.65. The molecule has 0 aliphatic heterocycles. The summed E-state index contributed by atoms with van der Waals surface area (Å²) in [5, 5.41) is 10.1. The molecule has 1 aliphatic rings. The Morgan fingerprint density at radius 1 is 1.24 bits per heavy atom. The molecular weight excluding hydrogens is 288 g/mol. The predicted molar refractivity (Wildman–Crippen MR) is 83.5 cm³/mol. The first kappa shape index (κ1) is 16.3. The summed E-state index contributed by atoms with van der Waals surface area (Å²) in [6.45, 7) is 3.54. The lowest BCUT2D eigenvalue weighted by Crippen LogP contribution is -2.46. The van der Waals surface area contributed by atoms with Gasteiger partial charge in [0.15, 0.2) is 0 Å². The predicted octanol–water partition coefficient (Wildman–Crippen LogP) is 1.81. The molecule has 3 N–H and O–H groups in total. The molecule has 1 aliphatic carbocycles. The van der Waals surface area contributed by atoms with Crippen LogP contribution in [0.4, 0.5) is 5.69 Å². The van der Waals surface area contributed by atoms with E-state index in [1.54, 1.807) is 26.1 Å². The fourth-order valence-electron chi connectivity index (χ4n) is 2.97. The smallest absolute Gasteiger partial charge is 0.243 e. The fourth-order valence-corrected chi connectivity index (χ4v) is 4.72. The van der Waals surface area contributed by atoms with E-state index in [4.69, 9.17) is 5.73 Å². The molecule has 1 fully saturated rings. The van der Waals surface area contributed by atoms with E-state index in [2.05, 4.69) is 0 Å². The second-order valence-corrected chi connectivity index (χ2v) is 7.88. The molecule has 1 aromatic carbocycles. The van der Waals surface area contributed by atoms with Gasteiger partial charge in [-0.25, -0.2) is 8.42 Å². The van der Waals surface area contributed by atoms with Gasteiger partial charge in [0, 0.05) is 12.7 Å². The minimum absolute atomic E-state index is 0.236. The van der Waals surface area contributed by atoms with Crippen molar-refractivity contribution in [3.8, 4) is 0 Å². The van der Waals surface area contributed by atoms with Crippen molar-refractivity contribution >= 4 is 15.7 Å². The summed E-state index contributed by atoms with van der Waals surface area (Å²) in [4.78, 5) is 0.236. The monoisotopic (exact) mass is 312 g/mol. The maximum atomic E-state index is 12.9. The number of sulfonamides is 1. The van der Waals surface area contributed by atoms with Crippen LogP contribution in [0.1, 0.15) is 36.8 Å². The third kappa shape index (κ3) is 3.07. The zero-order valence-corrected chi connectivity index (χ0v) is 13.7. The fraction of sp³-hybridized carbons (Fsp3) is 0.600. The van der Waals surface area contributed by atoms with Crippen molar-refractivity contribution in [2.45, 2.75) is 56.6 Å². The van der Waals surface area contributed by atoms with Crippen LogP contribution in [0.3, 0.4) is 0 Å². The van der Waals surface area contributed by atoms with E-state index >= 15 is 0 Å². The number of nitrogens with zero attached hydrogens (tertiary/aromatic N) is 1. The standard InChI is InChI=1S/C15H24N2O3S/c1-10-8-12(16)11(2)15(9-10)21(19,20)17(3)13-6-4-5-7-14(13)18/h8-9,13-14,18H,4-7,16H2,1-3H3. The van der Waals surface area contributed by atoms with Crippen molar-refractivity contribution in [3.63, 3.8) is 0 Å². The van der Waals surface area contributed by atoms with Crippen molar-refractivity contribution in [2.75, 3.05) is 12.8 Å². The molecule has 0 saturated heterocycles. The van der Waals surface area contributed by atoms with Crippen LogP contribution >= 0.6 is 0 Å². The number of hydrogen-bond donors (Lipinski definition) is 2. The quantitative estimate of drug-likeness (QED) is 0.834. The minimum Gasteiger partial charge on any atom is -0.398 e. The summed E-state index contributed by atoms with van der Waals surface area (Å²) in [6, 6.07) is 3.06. The molecule has 1 saturated carbocycles. The highest BCUT2D eigenvalue weighted by molar-refractivity contribution is 7.89. The lowest BCUT2D eigenvalue weighted by Gasteiger charge is -2.34. The van der Waals surface area contributed by atoms with E-state index in [0.29, 0.717) is 24.1 Å². The second-order valence-electron chi connectivity index (χ2n) is 5.92. The van der Waals surface area contributed by atoms with E-state index < -0.39 is 16.1 Å². The van der Waals surface area contributed by atoms with Gasteiger partial charge in [0.05, 0.1) is 17.0 Å². The molecule has 2 atom stereocenters. The summed E-state index contributed by atoms with van der Waals surface area (Å²) in [5.74, 6) is 0. The summed E-state index contributed by atoms with van der Waals surface area (Å²) in [7, 11) is -2.11. The number of nitrogen functional groups attached to an aromatic ring is 1. The van der Waals surface area contributed by atoms with Crippen LogP contribution < -0.4 is 5.73 Å². The van der Waals surface area contributed by atoms with Gasteiger partial charge in [-0.05, 0) is 49.9 Å². The Balaban J connectivity index is 2.42. The molecule has 118 valence electrons. The van der Waals surface area contributed by atoms with Gasteiger partial charge in [0.2, 0.25) is 10.0 Å². The molecule has 2 unspecified atom stereocenters. The molecule has 0 aromatic heterocycles. The van der Waals surface area contributed by atoms with E-state index in [1.165, 1.54) is 4.31 Å². The summed E-state index contributed by atoms with van der Waals surface area (Å²) >= 11 is 0. The molecule has 0 spiro atoms. The van der Waals surface area contributed by atoms with E-state index in [1.807, 2.05) is 6.92 Å². The van der Waals surface area contributed by atoms with Gasteiger partial charge < -0.3 is 10.8 Å². The Morgan fingerprint density at radius 2 is 1.86 bits per heavy atom. The second kappa shape index (κ2) is 5.94. The Labute approximate surface area is 126 Å². The lowest BCUT2D eigenvalue weighted by molar-refractivity contribution is 0.0638. The van der Waals surface area contributed by atoms with Gasteiger partial charge in [-0.1, -0.05) is 12.8 Å². The molecule has 21 heavy (non-hydrogen) atoms. The number of aliphatic hydroxyl groups is 1. The van der Waals surface area contributed by atoms with Crippen LogP contribution in [0.5, 0.6) is 0 Å². The van der Waals surface area contributed by atoms with Crippen molar-refractivity contribution in [1.82, 2.24) is 4.31 Å². The Bertz CT molecular complexity index is 628. The first-order chi connectivity index (χ1) is 9.75. The largest absolute Gasteiger partial charge is 0.398 e. The first-order valence-electron chi connectivity index (χ1n) is 7.28. The summed E-state index contributed by atoms with van der Waals surface area (Å²) in [5.41, 5.74) is 7.75. The molecule has 1 aromatic rings. The SMILES string of the molecule is Cc1cc(N)c(C)c(S(=O)(=O)N(C)C2CCCCC2O)c1. The maximum Gasteiger partial charge on any atom is 0.243 e. The lowest BCUT2D eigenvalue weighted by atomic mass is 9.93. The number of likely N-dealkylation sites (N-methyl/N-ethyl adjacent to an activating group) is 1. The molecule has 2 rings (SSSR count). The molecule has 0 bridgehead atoms. The number of hydrogen-bond acceptors (Lipinski definition) is 4. The van der Waals surface area contributed by atoms with Gasteiger partial charge in [0.1, 0.15) is 0 Å². The number of aliphatic hydroxyl groups excluding tert-OH is 1. The highest BCUT2D eigenvalue weighted by Gasteiger charge is 2.35. The topological polar surface area (TPSA) is 83.6 Å². The third-order valence-corrected chi connectivity index (χ3v) is 6.37. The number of anilines is 1. The summed E-state index contributed by atoms with van der Waals surface area (Å²) in [6.07, 6.45) is 2.64. The number of aryl methyl sites for hydroxylation is 1. The van der Waals surface area contributed by atoms with Crippen molar-refractivity contribution < 1.29 is 13.5 Å². The number of nitrogens with two attached hydrogens (primary N) is 1. The van der Waals surface area contributed by atoms with Crippen LogP contribution in [-0.2, 0) is 10.0 Å². The summed E-state index contributed by atoms with van der Waals surface area (Å²) < 4.78 is 27.0. The molecule has 0 amide bonds. The van der Waals surface area contributed by atoms with Crippen LogP contribution in [0, 0.1) is 13.8 Å². The zero-order chi connectivity index (χ0) is 15.8. The van der Waals surface area contributed by atoms with Crippen LogP contribution in [0.15, 0.2) is 17.0 Å². The molecule has 6 heteroatoms. The van der Waals surface area contributed by atoms with Gasteiger partial charge in [-0.3, -0.25) is 0 Å². The number of benzene rings is 1. The van der Waals surface area contributed by atoms with E-state index in [0.717, 1.165) is 18.4 Å². The highest BCUT2D eigenvalue weighted by Crippen LogP contribution is 2.30. The normalized spacial score (nSPS) is 23.5. The van der Waals surface area contributed by atoms with Crippen molar-refractivity contribution in [2.24, 2.45) is 0 Å². The average molecular weight is 312 g/mol. The highest BCUT2D eigenvalue weighted by atomic mass is 32.2.